The van der Waals surface area contributed by atoms with Gasteiger partial charge in [0.15, 0.2) is 0 Å². The average Bonchev–Trinajstić information content (AvgIpc) is 2.89. The van der Waals surface area contributed by atoms with E-state index < -0.39 is 0 Å². The minimum atomic E-state index is 0.394. The van der Waals surface area contributed by atoms with E-state index in [-0.39, 0.29) is 0 Å². The zero-order valence-corrected chi connectivity index (χ0v) is 11.5. The first-order valence-electron chi connectivity index (χ1n) is 6.88. The standard InChI is InChI=1S/C17H20N2/c1-12-7-3-5-9-14(12)16-11-17(19-18-16)15-10-6-4-8-13(15)2/h3-10,16-19H,11H2,1-2H3. The highest BCUT2D eigenvalue weighted by molar-refractivity contribution is 5.33. The molecule has 98 valence electrons. The van der Waals surface area contributed by atoms with Crippen LogP contribution in [0.15, 0.2) is 48.5 Å². The van der Waals surface area contributed by atoms with Gasteiger partial charge in [0.1, 0.15) is 0 Å². The SMILES string of the molecule is Cc1ccccc1C1CC(c2ccccc2C)NN1. The number of hydrogen-bond donors (Lipinski definition) is 2. The third kappa shape index (κ3) is 2.42. The second-order valence-corrected chi connectivity index (χ2v) is 5.34. The normalized spacial score (nSPS) is 22.6. The molecule has 2 aromatic rings. The molecule has 2 aromatic carbocycles. The van der Waals surface area contributed by atoms with Gasteiger partial charge in [0.2, 0.25) is 0 Å². The molecule has 2 unspecified atom stereocenters. The lowest BCUT2D eigenvalue weighted by Gasteiger charge is -2.13. The molecule has 1 aliphatic rings. The first-order chi connectivity index (χ1) is 9.25. The van der Waals surface area contributed by atoms with Gasteiger partial charge in [-0.15, -0.1) is 0 Å². The summed E-state index contributed by atoms with van der Waals surface area (Å²) in [6.07, 6.45) is 1.09. The Labute approximate surface area is 114 Å². The molecule has 2 nitrogen and oxygen atoms in total. The summed E-state index contributed by atoms with van der Waals surface area (Å²) in [5.41, 5.74) is 12.4. The number of rotatable bonds is 2. The van der Waals surface area contributed by atoms with Gasteiger partial charge in [-0.3, -0.25) is 0 Å². The van der Waals surface area contributed by atoms with Crippen LogP contribution < -0.4 is 10.9 Å². The van der Waals surface area contributed by atoms with Crippen LogP contribution in [0.3, 0.4) is 0 Å². The van der Waals surface area contributed by atoms with Crippen molar-refractivity contribution in [2.45, 2.75) is 32.4 Å². The molecular formula is C17H20N2. The first-order valence-corrected chi connectivity index (χ1v) is 6.88. The third-order valence-electron chi connectivity index (χ3n) is 4.03. The molecule has 1 fully saturated rings. The second-order valence-electron chi connectivity index (χ2n) is 5.34. The fourth-order valence-corrected chi connectivity index (χ4v) is 2.92. The van der Waals surface area contributed by atoms with Crippen LogP contribution in [0.2, 0.25) is 0 Å². The van der Waals surface area contributed by atoms with Crippen molar-refractivity contribution in [3.8, 4) is 0 Å². The predicted molar refractivity (Wildman–Crippen MR) is 78.7 cm³/mol. The van der Waals surface area contributed by atoms with Gasteiger partial charge in [-0.25, -0.2) is 10.9 Å². The zero-order valence-electron chi connectivity index (χ0n) is 11.5. The van der Waals surface area contributed by atoms with Crippen LogP contribution in [0.1, 0.15) is 40.8 Å². The van der Waals surface area contributed by atoms with Gasteiger partial charge in [-0.05, 0) is 42.5 Å². The van der Waals surface area contributed by atoms with E-state index in [9.17, 15) is 0 Å². The Morgan fingerprint density at radius 1 is 0.737 bits per heavy atom. The fraction of sp³-hybridized carbons (Fsp3) is 0.294. The zero-order chi connectivity index (χ0) is 13.2. The topological polar surface area (TPSA) is 24.1 Å². The Morgan fingerprint density at radius 3 is 1.58 bits per heavy atom. The van der Waals surface area contributed by atoms with Crippen LogP contribution in [-0.2, 0) is 0 Å². The maximum atomic E-state index is 3.44. The lowest BCUT2D eigenvalue weighted by molar-refractivity contribution is 0.553. The minimum absolute atomic E-state index is 0.394. The maximum absolute atomic E-state index is 3.44. The highest BCUT2D eigenvalue weighted by atomic mass is 15.4. The summed E-state index contributed by atoms with van der Waals surface area (Å²) in [6, 6.07) is 18.0. The Hall–Kier alpha value is -1.64. The van der Waals surface area contributed by atoms with Crippen LogP contribution in [-0.4, -0.2) is 0 Å². The molecule has 3 rings (SSSR count). The van der Waals surface area contributed by atoms with Gasteiger partial charge in [-0.1, -0.05) is 48.5 Å². The van der Waals surface area contributed by atoms with E-state index in [1.807, 2.05) is 0 Å². The van der Waals surface area contributed by atoms with Crippen molar-refractivity contribution in [3.05, 3.63) is 70.8 Å². The minimum Gasteiger partial charge on any atom is -0.250 e. The molecule has 0 saturated carbocycles. The predicted octanol–water partition coefficient (Wildman–Crippen LogP) is 3.58. The molecule has 2 N–H and O–H groups in total. The molecule has 0 amide bonds. The fourth-order valence-electron chi connectivity index (χ4n) is 2.92. The van der Waals surface area contributed by atoms with E-state index in [2.05, 4.69) is 73.2 Å². The summed E-state index contributed by atoms with van der Waals surface area (Å²) in [4.78, 5) is 0. The van der Waals surface area contributed by atoms with Gasteiger partial charge in [-0.2, -0.15) is 0 Å². The van der Waals surface area contributed by atoms with Crippen LogP contribution in [0.4, 0.5) is 0 Å². The van der Waals surface area contributed by atoms with Crippen LogP contribution in [0.5, 0.6) is 0 Å². The van der Waals surface area contributed by atoms with E-state index in [4.69, 9.17) is 0 Å². The Balaban J connectivity index is 1.82. The van der Waals surface area contributed by atoms with E-state index >= 15 is 0 Å². The van der Waals surface area contributed by atoms with Crippen LogP contribution in [0.25, 0.3) is 0 Å². The highest BCUT2D eigenvalue weighted by Crippen LogP contribution is 2.33. The van der Waals surface area contributed by atoms with E-state index in [0.29, 0.717) is 12.1 Å². The lowest BCUT2D eigenvalue weighted by atomic mass is 9.93. The molecule has 1 aliphatic heterocycles. The summed E-state index contributed by atoms with van der Waals surface area (Å²) in [7, 11) is 0. The Kier molecular flexibility index (Phi) is 3.36. The summed E-state index contributed by atoms with van der Waals surface area (Å²) in [5.74, 6) is 0. The van der Waals surface area contributed by atoms with E-state index in [1.54, 1.807) is 0 Å². The molecule has 19 heavy (non-hydrogen) atoms. The number of benzene rings is 2. The molecule has 0 aromatic heterocycles. The lowest BCUT2D eigenvalue weighted by Crippen LogP contribution is -2.27. The van der Waals surface area contributed by atoms with Gasteiger partial charge in [0.25, 0.3) is 0 Å². The van der Waals surface area contributed by atoms with E-state index in [0.717, 1.165) is 6.42 Å². The van der Waals surface area contributed by atoms with Gasteiger partial charge >= 0.3 is 0 Å². The second kappa shape index (κ2) is 5.16. The van der Waals surface area contributed by atoms with Crippen LogP contribution in [0, 0.1) is 13.8 Å². The summed E-state index contributed by atoms with van der Waals surface area (Å²) in [5, 5.41) is 0. The molecular weight excluding hydrogens is 232 g/mol. The van der Waals surface area contributed by atoms with E-state index in [1.165, 1.54) is 22.3 Å². The number of aryl methyl sites for hydroxylation is 2. The van der Waals surface area contributed by atoms with Crippen molar-refractivity contribution in [1.29, 1.82) is 0 Å². The van der Waals surface area contributed by atoms with Gasteiger partial charge in [0, 0.05) is 12.1 Å². The molecule has 0 bridgehead atoms. The quantitative estimate of drug-likeness (QED) is 0.853. The van der Waals surface area contributed by atoms with Crippen molar-refractivity contribution < 1.29 is 0 Å². The van der Waals surface area contributed by atoms with Crippen LogP contribution >= 0.6 is 0 Å². The number of hydrazine groups is 1. The smallest absolute Gasteiger partial charge is 0.0483 e. The number of hydrogen-bond acceptors (Lipinski definition) is 2. The maximum Gasteiger partial charge on any atom is 0.0483 e. The van der Waals surface area contributed by atoms with Gasteiger partial charge < -0.3 is 0 Å². The Bertz CT molecular complexity index is 525. The molecule has 2 atom stereocenters. The van der Waals surface area contributed by atoms with Crippen molar-refractivity contribution in [2.24, 2.45) is 0 Å². The number of nitrogens with one attached hydrogen (secondary N) is 2. The highest BCUT2D eigenvalue weighted by Gasteiger charge is 2.27. The first kappa shape index (κ1) is 12.4. The molecule has 1 heterocycles. The van der Waals surface area contributed by atoms with Gasteiger partial charge in [0.05, 0.1) is 0 Å². The largest absolute Gasteiger partial charge is 0.250 e. The summed E-state index contributed by atoms with van der Waals surface area (Å²) < 4.78 is 0. The molecule has 1 saturated heterocycles. The van der Waals surface area contributed by atoms with Crippen molar-refractivity contribution >= 4 is 0 Å². The van der Waals surface area contributed by atoms with Crippen molar-refractivity contribution in [2.75, 3.05) is 0 Å². The summed E-state index contributed by atoms with van der Waals surface area (Å²) in [6.45, 7) is 4.36. The Morgan fingerprint density at radius 2 is 1.16 bits per heavy atom. The molecule has 0 spiro atoms. The summed E-state index contributed by atoms with van der Waals surface area (Å²) >= 11 is 0. The van der Waals surface area contributed by atoms with Crippen molar-refractivity contribution in [1.82, 2.24) is 10.9 Å². The average molecular weight is 252 g/mol. The van der Waals surface area contributed by atoms with Crippen molar-refractivity contribution in [3.63, 3.8) is 0 Å². The molecule has 0 radical (unpaired) electrons. The molecule has 0 aliphatic carbocycles. The third-order valence-corrected chi connectivity index (χ3v) is 4.03. The monoisotopic (exact) mass is 252 g/mol. The molecule has 2 heteroatoms.